The van der Waals surface area contributed by atoms with Crippen LogP contribution in [0.15, 0.2) is 48.7 Å². The number of pyridine rings is 1. The van der Waals surface area contributed by atoms with Crippen molar-refractivity contribution >= 4 is 38.0 Å². The molecule has 0 amide bonds. The fraction of sp³-hybridized carbons (Fsp3) is 0.296. The second kappa shape index (κ2) is 5.95. The lowest BCUT2D eigenvalue weighted by atomic mass is 9.91. The van der Waals surface area contributed by atoms with Gasteiger partial charge in [-0.15, -0.1) is 0 Å². The van der Waals surface area contributed by atoms with Gasteiger partial charge in [0, 0.05) is 26.8 Å². The Morgan fingerprint density at radius 2 is 1.73 bits per heavy atom. The quantitative estimate of drug-likeness (QED) is 0.276. The van der Waals surface area contributed by atoms with Crippen LogP contribution >= 0.6 is 11.3 Å². The Labute approximate surface area is 181 Å². The number of fused-ring (bicyclic) bond motifs is 3. The minimum absolute atomic E-state index is 0.282. The Kier molecular flexibility index (Phi) is 3.60. The summed E-state index contributed by atoms with van der Waals surface area (Å²) in [6.07, 6.45) is 3.49. The van der Waals surface area contributed by atoms with Crippen molar-refractivity contribution in [3.63, 3.8) is 0 Å². The van der Waals surface area contributed by atoms with Crippen LogP contribution in [0.1, 0.15) is 42.3 Å². The summed E-state index contributed by atoms with van der Waals surface area (Å²) in [5.41, 5.74) is 8.46. The van der Waals surface area contributed by atoms with E-state index >= 15 is 0 Å². The zero-order valence-corrected chi connectivity index (χ0v) is 19.2. The molecule has 0 saturated heterocycles. The van der Waals surface area contributed by atoms with Gasteiger partial charge in [0.1, 0.15) is 12.7 Å². The number of thiophene rings is 1. The van der Waals surface area contributed by atoms with Gasteiger partial charge >= 0.3 is 0 Å². The monoisotopic (exact) mass is 411 g/mol. The molecule has 0 unspecified atom stereocenters. The molecule has 0 N–H and O–H groups in total. The Bertz CT molecular complexity index is 1470. The molecule has 0 radical (unpaired) electrons. The molecule has 3 heteroatoms. The van der Waals surface area contributed by atoms with Gasteiger partial charge in [0.15, 0.2) is 10.5 Å². The Morgan fingerprint density at radius 1 is 1.00 bits per heavy atom. The van der Waals surface area contributed by atoms with Crippen LogP contribution in [0.3, 0.4) is 0 Å². The summed E-state index contributed by atoms with van der Waals surface area (Å²) < 4.78 is 5.02. The van der Waals surface area contributed by atoms with E-state index in [9.17, 15) is 0 Å². The van der Waals surface area contributed by atoms with E-state index in [1.54, 1.807) is 0 Å². The second-order valence-electron chi connectivity index (χ2n) is 10.1. The third kappa shape index (κ3) is 2.45. The smallest absolute Gasteiger partial charge is 0.225 e. The van der Waals surface area contributed by atoms with Crippen molar-refractivity contribution in [2.45, 2.75) is 47.6 Å². The van der Waals surface area contributed by atoms with Gasteiger partial charge in [0.25, 0.3) is 5.65 Å². The number of aromatic nitrogens is 2. The van der Waals surface area contributed by atoms with E-state index in [0.717, 1.165) is 13.0 Å². The highest BCUT2D eigenvalue weighted by atomic mass is 32.1. The fourth-order valence-electron chi connectivity index (χ4n) is 5.29. The Morgan fingerprint density at radius 3 is 2.47 bits per heavy atom. The third-order valence-electron chi connectivity index (χ3n) is 6.42. The number of imidazole rings is 1. The van der Waals surface area contributed by atoms with E-state index in [0.29, 0.717) is 0 Å². The molecule has 3 aromatic heterocycles. The first-order valence-corrected chi connectivity index (χ1v) is 11.6. The van der Waals surface area contributed by atoms with Crippen molar-refractivity contribution in [2.75, 3.05) is 0 Å². The molecule has 1 aliphatic rings. The standard InChI is InChI=1S/C27H27N2S/c1-16-8-6-9-17(2)23(16)22-15-28-14-18-10-7-11-20-21-12-19(13-27(3,4)5)30-26(21)29(22)25(28)24(18)20/h6-12,15H,13-14H2,1-5H3/q+1. The van der Waals surface area contributed by atoms with Gasteiger partial charge < -0.3 is 0 Å². The van der Waals surface area contributed by atoms with E-state index in [1.165, 1.54) is 59.5 Å². The molecule has 0 saturated carbocycles. The summed E-state index contributed by atoms with van der Waals surface area (Å²) >= 11 is 1.98. The summed E-state index contributed by atoms with van der Waals surface area (Å²) in [5, 5.41) is 4.24. The minimum Gasteiger partial charge on any atom is -0.225 e. The molecular formula is C27H27N2S+. The average molecular weight is 412 g/mol. The van der Waals surface area contributed by atoms with Crippen LogP contribution in [0, 0.1) is 19.3 Å². The van der Waals surface area contributed by atoms with Crippen LogP contribution in [0.25, 0.3) is 37.9 Å². The predicted molar refractivity (Wildman–Crippen MR) is 128 cm³/mol. The molecule has 0 spiro atoms. The number of hydrogen-bond donors (Lipinski definition) is 0. The highest BCUT2D eigenvalue weighted by molar-refractivity contribution is 7.18. The van der Waals surface area contributed by atoms with Crippen molar-refractivity contribution in [3.05, 3.63) is 70.2 Å². The van der Waals surface area contributed by atoms with Gasteiger partial charge in [-0.05, 0) is 42.9 Å². The molecule has 0 fully saturated rings. The summed E-state index contributed by atoms with van der Waals surface area (Å²) in [4.78, 5) is 2.86. The maximum Gasteiger partial charge on any atom is 0.296 e. The van der Waals surface area contributed by atoms with Crippen LogP contribution in [0.5, 0.6) is 0 Å². The lowest BCUT2D eigenvalue weighted by molar-refractivity contribution is -0.657. The summed E-state index contributed by atoms with van der Waals surface area (Å²) in [6.45, 7) is 12.4. The maximum atomic E-state index is 2.56. The number of nitrogens with zero attached hydrogens (tertiary/aromatic N) is 2. The van der Waals surface area contributed by atoms with Gasteiger partial charge in [0.2, 0.25) is 0 Å². The van der Waals surface area contributed by atoms with E-state index in [2.05, 4.69) is 92.2 Å². The second-order valence-corrected chi connectivity index (χ2v) is 11.2. The Hall–Kier alpha value is -2.65. The topological polar surface area (TPSA) is 8.29 Å². The largest absolute Gasteiger partial charge is 0.296 e. The third-order valence-corrected chi connectivity index (χ3v) is 7.54. The average Bonchev–Trinajstić information content (AvgIpc) is 3.31. The van der Waals surface area contributed by atoms with Crippen molar-refractivity contribution in [3.8, 4) is 11.3 Å². The van der Waals surface area contributed by atoms with E-state index in [1.807, 2.05) is 11.3 Å². The number of benzene rings is 2. The lowest BCUT2D eigenvalue weighted by Crippen LogP contribution is -2.28. The molecule has 0 atom stereocenters. The van der Waals surface area contributed by atoms with Crippen LogP contribution < -0.4 is 4.57 Å². The molecule has 2 nitrogen and oxygen atoms in total. The summed E-state index contributed by atoms with van der Waals surface area (Å²) in [6, 6.07) is 15.9. The molecule has 4 heterocycles. The van der Waals surface area contributed by atoms with E-state index in [4.69, 9.17) is 0 Å². The van der Waals surface area contributed by atoms with Gasteiger partial charge in [-0.3, -0.25) is 0 Å². The first kappa shape index (κ1) is 18.1. The molecule has 0 bridgehead atoms. The maximum absolute atomic E-state index is 2.56. The molecular weight excluding hydrogens is 384 g/mol. The van der Waals surface area contributed by atoms with Crippen molar-refractivity contribution in [2.24, 2.45) is 5.41 Å². The van der Waals surface area contributed by atoms with Gasteiger partial charge in [0.05, 0.1) is 5.39 Å². The van der Waals surface area contributed by atoms with E-state index in [-0.39, 0.29) is 5.41 Å². The SMILES string of the molecule is Cc1cccc(C)c1-c1c[n+]2c3c4c(cccc4c4cc(CC(C)(C)C)sc4n13)C2. The molecule has 5 aromatic rings. The van der Waals surface area contributed by atoms with Crippen molar-refractivity contribution in [1.82, 2.24) is 4.40 Å². The number of hydrogen-bond acceptors (Lipinski definition) is 1. The number of rotatable bonds is 2. The van der Waals surface area contributed by atoms with Crippen LogP contribution in [0.2, 0.25) is 0 Å². The van der Waals surface area contributed by atoms with Crippen molar-refractivity contribution < 1.29 is 4.57 Å². The van der Waals surface area contributed by atoms with Crippen LogP contribution in [-0.4, -0.2) is 4.40 Å². The van der Waals surface area contributed by atoms with Crippen LogP contribution in [-0.2, 0) is 13.0 Å². The number of aryl methyl sites for hydroxylation is 2. The van der Waals surface area contributed by atoms with Crippen molar-refractivity contribution in [1.29, 1.82) is 0 Å². The Balaban J connectivity index is 1.80. The molecule has 30 heavy (non-hydrogen) atoms. The summed E-state index contributed by atoms with van der Waals surface area (Å²) in [5.74, 6) is 0. The first-order chi connectivity index (χ1) is 14.3. The lowest BCUT2D eigenvalue weighted by Gasteiger charge is -2.15. The molecule has 6 rings (SSSR count). The zero-order valence-electron chi connectivity index (χ0n) is 18.3. The van der Waals surface area contributed by atoms with Gasteiger partial charge in [-0.2, -0.15) is 4.40 Å². The molecule has 2 aromatic carbocycles. The predicted octanol–water partition coefficient (Wildman–Crippen LogP) is 6.83. The zero-order chi connectivity index (χ0) is 20.8. The van der Waals surface area contributed by atoms with Crippen LogP contribution in [0.4, 0.5) is 0 Å². The minimum atomic E-state index is 0.282. The first-order valence-electron chi connectivity index (χ1n) is 10.8. The normalized spacial score (nSPS) is 13.5. The fourth-order valence-corrected chi connectivity index (χ4v) is 6.77. The summed E-state index contributed by atoms with van der Waals surface area (Å²) in [7, 11) is 0. The highest BCUT2D eigenvalue weighted by Gasteiger charge is 2.32. The van der Waals surface area contributed by atoms with Gasteiger partial charge in [-0.1, -0.05) is 68.5 Å². The molecule has 150 valence electrons. The van der Waals surface area contributed by atoms with E-state index < -0.39 is 0 Å². The van der Waals surface area contributed by atoms with Gasteiger partial charge in [-0.25, -0.2) is 4.57 Å². The molecule has 0 aliphatic carbocycles. The highest BCUT2D eigenvalue weighted by Crippen LogP contribution is 2.42. The molecule has 1 aliphatic heterocycles.